The van der Waals surface area contributed by atoms with Gasteiger partial charge in [0.2, 0.25) is 22.2 Å². The van der Waals surface area contributed by atoms with Gasteiger partial charge in [-0.1, -0.05) is 41.0 Å². The molecule has 1 unspecified atom stereocenters. The molecule has 174 valence electrons. The van der Waals surface area contributed by atoms with E-state index in [2.05, 4.69) is 15.0 Å². The molecule has 2 aliphatic heterocycles. The van der Waals surface area contributed by atoms with Crippen molar-refractivity contribution >= 4 is 74.1 Å². The van der Waals surface area contributed by atoms with Gasteiger partial charge in [0.05, 0.1) is 21.2 Å². The highest BCUT2D eigenvalue weighted by Crippen LogP contribution is 2.37. The summed E-state index contributed by atoms with van der Waals surface area (Å²) in [4.78, 5) is 30.2. The van der Waals surface area contributed by atoms with Gasteiger partial charge in [0.1, 0.15) is 4.58 Å². The molecule has 0 bridgehead atoms. The van der Waals surface area contributed by atoms with Gasteiger partial charge in [0.15, 0.2) is 0 Å². The molecule has 0 saturated carbocycles. The number of nitriles is 1. The maximum absolute atomic E-state index is 12.8. The first kappa shape index (κ1) is 24.1. The molecule has 0 fully saturated rings. The Morgan fingerprint density at radius 2 is 1.91 bits per heavy atom. The van der Waals surface area contributed by atoms with Gasteiger partial charge in [0, 0.05) is 10.7 Å². The fourth-order valence-corrected chi connectivity index (χ4v) is 6.67. The number of thioether (sulfide) groups is 1. The highest BCUT2D eigenvalue weighted by Gasteiger charge is 2.37. The van der Waals surface area contributed by atoms with Crippen LogP contribution in [0.25, 0.3) is 0 Å². The van der Waals surface area contributed by atoms with Crippen LogP contribution in [0.3, 0.4) is 0 Å². The van der Waals surface area contributed by atoms with Crippen molar-refractivity contribution in [3.63, 3.8) is 0 Å². The summed E-state index contributed by atoms with van der Waals surface area (Å²) >= 11 is 12.8. The molecule has 1 atom stereocenters. The van der Waals surface area contributed by atoms with Gasteiger partial charge in [-0.2, -0.15) is 5.26 Å². The van der Waals surface area contributed by atoms with Crippen molar-refractivity contribution in [2.24, 2.45) is 4.99 Å². The van der Waals surface area contributed by atoms with Gasteiger partial charge < -0.3 is 5.32 Å². The Hall–Kier alpha value is -3.04. The number of anilines is 2. The number of benzene rings is 2. The van der Waals surface area contributed by atoms with Crippen LogP contribution in [0.15, 0.2) is 51.8 Å². The summed E-state index contributed by atoms with van der Waals surface area (Å²) in [5, 5.41) is 12.1. The quantitative estimate of drug-likeness (QED) is 0.260. The highest BCUT2D eigenvalue weighted by atomic mass is 35.5. The number of allylic oxidation sites excluding steroid dienone is 1. The largest absolute Gasteiger partial charge is 0.325 e. The van der Waals surface area contributed by atoms with Crippen molar-refractivity contribution in [2.75, 3.05) is 10.2 Å². The number of hydrogen-bond acceptors (Lipinski definition) is 7. The molecule has 0 saturated heterocycles. The Morgan fingerprint density at radius 3 is 2.56 bits per heavy atom. The van der Waals surface area contributed by atoms with E-state index in [-0.39, 0.29) is 23.5 Å². The molecule has 9 nitrogen and oxygen atoms in total. The molecule has 0 radical (unpaired) electrons. The van der Waals surface area contributed by atoms with Crippen molar-refractivity contribution in [1.29, 1.82) is 5.26 Å². The minimum atomic E-state index is -3.89. The Labute approximate surface area is 209 Å². The van der Waals surface area contributed by atoms with E-state index in [0.717, 1.165) is 16.7 Å². The first-order chi connectivity index (χ1) is 16.1. The molecule has 2 amide bonds. The van der Waals surface area contributed by atoms with Crippen molar-refractivity contribution < 1.29 is 18.0 Å². The van der Waals surface area contributed by atoms with Crippen molar-refractivity contribution in [3.8, 4) is 6.19 Å². The Kier molecular flexibility index (Phi) is 6.60. The number of carbonyl (C=O) groups is 2. The van der Waals surface area contributed by atoms with E-state index >= 15 is 0 Å². The molecule has 2 heterocycles. The lowest BCUT2D eigenvalue weighted by Gasteiger charge is -2.19. The maximum Gasteiger partial charge on any atom is 0.266 e. The SMILES string of the molecule is Cc1cc(N/C(=N\C#N)NS(=O)(=O)C2CC=C(Cl)S2)ccc1N1C(=O)c2ccc(Cl)cc2C1=O. The number of aliphatic imine (C=N–C) groups is 1. The molecular formula is C21H15Cl2N5O4S2. The molecule has 0 spiro atoms. The third-order valence-electron chi connectivity index (χ3n) is 5.01. The second-order valence-electron chi connectivity index (χ2n) is 7.26. The average Bonchev–Trinajstić information content (AvgIpc) is 3.31. The molecule has 34 heavy (non-hydrogen) atoms. The van der Waals surface area contributed by atoms with Crippen LogP contribution < -0.4 is 14.9 Å². The predicted molar refractivity (Wildman–Crippen MR) is 132 cm³/mol. The maximum atomic E-state index is 12.8. The van der Waals surface area contributed by atoms with Crippen LogP contribution in [-0.4, -0.2) is 30.8 Å². The van der Waals surface area contributed by atoms with Gasteiger partial charge in [-0.25, -0.2) is 13.3 Å². The molecule has 0 aromatic heterocycles. The number of fused-ring (bicyclic) bond motifs is 1. The summed E-state index contributed by atoms with van der Waals surface area (Å²) < 4.78 is 27.0. The zero-order valence-electron chi connectivity index (χ0n) is 17.4. The van der Waals surface area contributed by atoms with E-state index in [9.17, 15) is 18.0 Å². The number of nitrogens with zero attached hydrogens (tertiary/aromatic N) is 3. The number of sulfonamides is 1. The summed E-state index contributed by atoms with van der Waals surface area (Å²) in [6.07, 6.45) is 3.37. The van der Waals surface area contributed by atoms with Gasteiger partial charge >= 0.3 is 0 Å². The molecule has 4 rings (SSSR count). The van der Waals surface area contributed by atoms with Crippen molar-refractivity contribution in [1.82, 2.24) is 4.72 Å². The van der Waals surface area contributed by atoms with E-state index in [1.807, 2.05) is 0 Å². The van der Waals surface area contributed by atoms with Crippen LogP contribution in [-0.2, 0) is 10.0 Å². The van der Waals surface area contributed by atoms with E-state index in [4.69, 9.17) is 28.5 Å². The normalized spacial score (nSPS) is 17.9. The number of carbonyl (C=O) groups excluding carboxylic acids is 2. The fourth-order valence-electron chi connectivity index (χ4n) is 3.48. The number of halogens is 2. The van der Waals surface area contributed by atoms with Crippen LogP contribution in [0.2, 0.25) is 5.02 Å². The summed E-state index contributed by atoms with van der Waals surface area (Å²) in [5.41, 5.74) is 1.76. The van der Waals surface area contributed by atoms with Gasteiger partial charge in [0.25, 0.3) is 11.8 Å². The smallest absolute Gasteiger partial charge is 0.266 e. The molecular weight excluding hydrogens is 521 g/mol. The summed E-state index contributed by atoms with van der Waals surface area (Å²) in [6.45, 7) is 1.69. The monoisotopic (exact) mass is 535 g/mol. The first-order valence-corrected chi connectivity index (χ1v) is 12.9. The lowest BCUT2D eigenvalue weighted by atomic mass is 10.1. The second-order valence-corrected chi connectivity index (χ2v) is 11.7. The molecule has 0 aliphatic carbocycles. The standard InChI is InChI=1S/C21H15Cl2N5O4S2/c1-11-8-13(26-21(25-10-24)27-34(31,32)18-7-6-17(23)33-18)3-5-16(11)28-19(29)14-4-2-12(22)9-15(14)20(28)30/h2-6,8-9,18H,7H2,1H3,(H2,25,26,27). The predicted octanol–water partition coefficient (Wildman–Crippen LogP) is 4.16. The van der Waals surface area contributed by atoms with Crippen LogP contribution in [0.4, 0.5) is 11.4 Å². The summed E-state index contributed by atoms with van der Waals surface area (Å²) in [6, 6.07) is 9.16. The van der Waals surface area contributed by atoms with Crippen LogP contribution in [0, 0.1) is 18.4 Å². The van der Waals surface area contributed by atoms with Gasteiger partial charge in [-0.05, 0) is 55.3 Å². The molecule has 13 heteroatoms. The Morgan fingerprint density at radius 1 is 1.18 bits per heavy atom. The lowest BCUT2D eigenvalue weighted by Crippen LogP contribution is -2.40. The Balaban J connectivity index is 1.55. The summed E-state index contributed by atoms with van der Waals surface area (Å²) in [5.74, 6) is -1.26. The third-order valence-corrected chi connectivity index (χ3v) is 8.93. The van der Waals surface area contributed by atoms with E-state index < -0.39 is 26.4 Å². The third kappa shape index (κ3) is 4.63. The number of aryl methyl sites for hydroxylation is 1. The van der Waals surface area contributed by atoms with Crippen molar-refractivity contribution in [2.45, 2.75) is 17.9 Å². The van der Waals surface area contributed by atoms with Gasteiger partial charge in [-0.15, -0.1) is 4.99 Å². The molecule has 2 N–H and O–H groups in total. The summed E-state index contributed by atoms with van der Waals surface area (Å²) in [7, 11) is -3.89. The van der Waals surface area contributed by atoms with Crippen molar-refractivity contribution in [3.05, 3.63) is 68.6 Å². The van der Waals surface area contributed by atoms with E-state index in [1.165, 1.54) is 24.3 Å². The molecule has 2 aliphatic rings. The Bertz CT molecular complexity index is 1430. The number of amides is 2. The molecule has 2 aromatic rings. The van der Waals surface area contributed by atoms with E-state index in [0.29, 0.717) is 26.3 Å². The molecule has 2 aromatic carbocycles. The number of nitrogens with one attached hydrogen (secondary N) is 2. The first-order valence-electron chi connectivity index (χ1n) is 9.67. The van der Waals surface area contributed by atoms with Crippen LogP contribution >= 0.6 is 35.0 Å². The number of rotatable bonds is 4. The number of imide groups is 1. The second kappa shape index (κ2) is 9.31. The fraction of sp³-hybridized carbons (Fsp3) is 0.143. The topological polar surface area (TPSA) is 132 Å². The zero-order valence-corrected chi connectivity index (χ0v) is 20.5. The number of guanidine groups is 1. The number of hydrogen-bond donors (Lipinski definition) is 2. The minimum Gasteiger partial charge on any atom is -0.325 e. The lowest BCUT2D eigenvalue weighted by molar-refractivity contribution is 0.0926. The average molecular weight is 536 g/mol. The highest BCUT2D eigenvalue weighted by molar-refractivity contribution is 8.16. The van der Waals surface area contributed by atoms with Crippen LogP contribution in [0.5, 0.6) is 0 Å². The van der Waals surface area contributed by atoms with Gasteiger partial charge in [-0.3, -0.25) is 14.3 Å². The zero-order chi connectivity index (χ0) is 24.6. The van der Waals surface area contributed by atoms with Crippen LogP contribution in [0.1, 0.15) is 32.7 Å². The minimum absolute atomic E-state index is 0.219. The van der Waals surface area contributed by atoms with E-state index in [1.54, 1.807) is 31.3 Å².